The maximum atomic E-state index is 12.4. The van der Waals surface area contributed by atoms with Crippen molar-refractivity contribution >= 4 is 35.6 Å². The Morgan fingerprint density at radius 2 is 1.59 bits per heavy atom. The highest BCUT2D eigenvalue weighted by atomic mass is 16.4. The van der Waals surface area contributed by atoms with Gasteiger partial charge in [0.05, 0.1) is 12.5 Å². The first kappa shape index (κ1) is 25.6. The van der Waals surface area contributed by atoms with Crippen molar-refractivity contribution in [3.8, 4) is 0 Å². The van der Waals surface area contributed by atoms with Crippen molar-refractivity contribution in [1.29, 1.82) is 0 Å². The van der Waals surface area contributed by atoms with Gasteiger partial charge in [0.25, 0.3) is 0 Å². The van der Waals surface area contributed by atoms with Gasteiger partial charge < -0.3 is 43.4 Å². The number of carbonyl (C=O) groups is 5. The van der Waals surface area contributed by atoms with Gasteiger partial charge in [0, 0.05) is 6.54 Å². The van der Waals surface area contributed by atoms with Crippen molar-refractivity contribution in [3.63, 3.8) is 0 Å². The number of hydrogen-bond donors (Lipinski definition) is 8. The topological polar surface area (TPSA) is 252 Å². The molecule has 0 heterocycles. The smallest absolute Gasteiger partial charge is 0.322 e. The van der Waals surface area contributed by atoms with Crippen LogP contribution in [-0.2, 0) is 24.0 Å². The number of nitrogens with zero attached hydrogens (tertiary/aromatic N) is 1. The van der Waals surface area contributed by atoms with E-state index >= 15 is 0 Å². The summed E-state index contributed by atoms with van der Waals surface area (Å²) in [5.74, 6) is -5.05. The Morgan fingerprint density at radius 3 is 2.10 bits per heavy atom. The number of nitrogens with two attached hydrogens (primary N) is 3. The molecule has 29 heavy (non-hydrogen) atoms. The molecule has 0 radical (unpaired) electrons. The van der Waals surface area contributed by atoms with Gasteiger partial charge in [-0.3, -0.25) is 29.0 Å². The second kappa shape index (κ2) is 12.9. The van der Waals surface area contributed by atoms with Crippen LogP contribution in [0.1, 0.15) is 26.2 Å². The Bertz CT molecular complexity index is 649. The van der Waals surface area contributed by atoms with Crippen LogP contribution in [0.2, 0.25) is 0 Å². The van der Waals surface area contributed by atoms with Crippen molar-refractivity contribution in [2.45, 2.75) is 44.3 Å². The highest BCUT2D eigenvalue weighted by molar-refractivity contribution is 5.94. The number of nitrogens with one attached hydrogen (secondary N) is 3. The molecule has 3 atom stereocenters. The molecule has 0 bridgehead atoms. The van der Waals surface area contributed by atoms with Crippen molar-refractivity contribution in [3.05, 3.63) is 0 Å². The summed E-state index contributed by atoms with van der Waals surface area (Å²) in [5, 5.41) is 24.0. The molecule has 14 heteroatoms. The van der Waals surface area contributed by atoms with Crippen LogP contribution in [0.15, 0.2) is 4.99 Å². The highest BCUT2D eigenvalue weighted by Gasteiger charge is 2.27. The van der Waals surface area contributed by atoms with Crippen molar-refractivity contribution in [2.75, 3.05) is 13.1 Å². The molecule has 0 rings (SSSR count). The molecule has 0 aliphatic heterocycles. The number of carboxylic acid groups (broad SMARTS) is 2. The Balaban J connectivity index is 5.00. The Kier molecular flexibility index (Phi) is 11.4. The van der Waals surface area contributed by atoms with Gasteiger partial charge in [0.15, 0.2) is 5.96 Å². The van der Waals surface area contributed by atoms with Crippen LogP contribution in [0.4, 0.5) is 0 Å². The number of carboxylic acids is 2. The van der Waals surface area contributed by atoms with E-state index in [0.29, 0.717) is 0 Å². The number of amides is 3. The highest BCUT2D eigenvalue weighted by Crippen LogP contribution is 2.01. The summed E-state index contributed by atoms with van der Waals surface area (Å²) in [6, 6.07) is -3.62. The van der Waals surface area contributed by atoms with Gasteiger partial charge in [-0.15, -0.1) is 0 Å². The number of carbonyl (C=O) groups excluding carboxylic acids is 3. The monoisotopic (exact) mass is 417 g/mol. The van der Waals surface area contributed by atoms with Crippen LogP contribution in [0.5, 0.6) is 0 Å². The maximum absolute atomic E-state index is 12.4. The standard InChI is InChI=1S/C15H27N7O7/c1-7(12(27)20-6-11(25)26)21-14(29)9(3-2-4-19-15(17)18)22-13(28)8(16)5-10(23)24/h7-9H,2-6,16H2,1H3,(H,20,27)(H,21,29)(H,22,28)(H,23,24)(H,25,26)(H4,17,18,19). The maximum Gasteiger partial charge on any atom is 0.322 e. The number of aliphatic carboxylic acids is 2. The minimum Gasteiger partial charge on any atom is -0.481 e. The molecular formula is C15H27N7O7. The Labute approximate surface area is 166 Å². The van der Waals surface area contributed by atoms with E-state index in [-0.39, 0.29) is 25.3 Å². The van der Waals surface area contributed by atoms with Crippen LogP contribution < -0.4 is 33.2 Å². The van der Waals surface area contributed by atoms with Crippen LogP contribution in [0.3, 0.4) is 0 Å². The molecule has 0 aliphatic carbocycles. The third-order valence-corrected chi connectivity index (χ3v) is 3.48. The zero-order chi connectivity index (χ0) is 22.6. The zero-order valence-electron chi connectivity index (χ0n) is 15.9. The molecule has 0 spiro atoms. The van der Waals surface area contributed by atoms with Crippen LogP contribution in [-0.4, -0.2) is 77.0 Å². The van der Waals surface area contributed by atoms with Gasteiger partial charge in [0.2, 0.25) is 17.7 Å². The van der Waals surface area contributed by atoms with E-state index in [1.807, 2.05) is 0 Å². The Morgan fingerprint density at radius 1 is 0.966 bits per heavy atom. The van der Waals surface area contributed by atoms with Gasteiger partial charge in [-0.05, 0) is 19.8 Å². The van der Waals surface area contributed by atoms with Crippen LogP contribution >= 0.6 is 0 Å². The number of rotatable bonds is 13. The van der Waals surface area contributed by atoms with Crippen LogP contribution in [0.25, 0.3) is 0 Å². The lowest BCUT2D eigenvalue weighted by molar-refractivity contribution is -0.139. The predicted octanol–water partition coefficient (Wildman–Crippen LogP) is -3.97. The SMILES string of the molecule is CC(NC(=O)C(CCCN=C(N)N)NC(=O)C(N)CC(=O)O)C(=O)NCC(=O)O. The molecule has 11 N–H and O–H groups in total. The van der Waals surface area contributed by atoms with Gasteiger partial charge in [0.1, 0.15) is 18.6 Å². The molecule has 14 nitrogen and oxygen atoms in total. The zero-order valence-corrected chi connectivity index (χ0v) is 15.9. The van der Waals surface area contributed by atoms with Gasteiger partial charge in [-0.1, -0.05) is 0 Å². The van der Waals surface area contributed by atoms with E-state index in [0.717, 1.165) is 0 Å². The van der Waals surface area contributed by atoms with E-state index in [1.54, 1.807) is 0 Å². The molecule has 0 saturated heterocycles. The molecule has 0 aliphatic rings. The lowest BCUT2D eigenvalue weighted by atomic mass is 10.1. The summed E-state index contributed by atoms with van der Waals surface area (Å²) >= 11 is 0. The largest absolute Gasteiger partial charge is 0.481 e. The van der Waals surface area contributed by atoms with Crippen LogP contribution in [0, 0.1) is 0 Å². The van der Waals surface area contributed by atoms with E-state index < -0.39 is 60.8 Å². The molecule has 0 saturated carbocycles. The van der Waals surface area contributed by atoms with E-state index in [9.17, 15) is 24.0 Å². The molecular weight excluding hydrogens is 390 g/mol. The molecule has 164 valence electrons. The fraction of sp³-hybridized carbons (Fsp3) is 0.600. The molecule has 3 unspecified atom stereocenters. The van der Waals surface area contributed by atoms with Crippen molar-refractivity contribution in [1.82, 2.24) is 16.0 Å². The molecule has 0 aromatic heterocycles. The molecule has 0 fully saturated rings. The fourth-order valence-corrected chi connectivity index (χ4v) is 2.03. The molecule has 0 aromatic carbocycles. The van der Waals surface area contributed by atoms with Gasteiger partial charge in [-0.2, -0.15) is 0 Å². The van der Waals surface area contributed by atoms with E-state index in [2.05, 4.69) is 20.9 Å². The third kappa shape index (κ3) is 11.8. The third-order valence-electron chi connectivity index (χ3n) is 3.48. The predicted molar refractivity (Wildman–Crippen MR) is 100 cm³/mol. The minimum absolute atomic E-state index is 0.0671. The van der Waals surface area contributed by atoms with Crippen molar-refractivity contribution < 1.29 is 34.2 Å². The first-order valence-corrected chi connectivity index (χ1v) is 8.57. The number of aliphatic imine (C=N–C) groups is 1. The molecule has 0 aromatic rings. The first-order chi connectivity index (χ1) is 13.4. The number of guanidine groups is 1. The average molecular weight is 417 g/mol. The normalized spacial score (nSPS) is 13.3. The van der Waals surface area contributed by atoms with Crippen molar-refractivity contribution in [2.24, 2.45) is 22.2 Å². The lowest BCUT2D eigenvalue weighted by Crippen LogP contribution is -2.55. The van der Waals surface area contributed by atoms with Gasteiger partial charge in [-0.25, -0.2) is 0 Å². The summed E-state index contributed by atoms with van der Waals surface area (Å²) in [7, 11) is 0. The fourth-order valence-electron chi connectivity index (χ4n) is 2.03. The minimum atomic E-state index is -1.38. The first-order valence-electron chi connectivity index (χ1n) is 8.57. The average Bonchev–Trinajstić information content (AvgIpc) is 2.60. The van der Waals surface area contributed by atoms with E-state index in [4.69, 9.17) is 27.4 Å². The number of hydrogen-bond acceptors (Lipinski definition) is 7. The summed E-state index contributed by atoms with van der Waals surface area (Å²) in [5.41, 5.74) is 15.9. The summed E-state index contributed by atoms with van der Waals surface area (Å²) < 4.78 is 0. The quantitative estimate of drug-likeness (QED) is 0.0819. The summed E-state index contributed by atoms with van der Waals surface area (Å²) in [6.07, 6.45) is -0.288. The van der Waals surface area contributed by atoms with Gasteiger partial charge >= 0.3 is 11.9 Å². The summed E-state index contributed by atoms with van der Waals surface area (Å²) in [6.45, 7) is 0.864. The Hall–Kier alpha value is -3.42. The second-order valence-corrected chi connectivity index (χ2v) is 6.06. The lowest BCUT2D eigenvalue weighted by Gasteiger charge is -2.22. The molecule has 3 amide bonds. The van der Waals surface area contributed by atoms with E-state index in [1.165, 1.54) is 6.92 Å². The second-order valence-electron chi connectivity index (χ2n) is 6.06. The summed E-state index contributed by atoms with van der Waals surface area (Å²) in [4.78, 5) is 61.2.